The summed E-state index contributed by atoms with van der Waals surface area (Å²) in [4.78, 5) is 37.5. The van der Waals surface area contributed by atoms with E-state index in [1.54, 1.807) is 23.1 Å². The second-order valence-electron chi connectivity index (χ2n) is 6.58. The van der Waals surface area contributed by atoms with Crippen molar-refractivity contribution in [3.63, 3.8) is 0 Å². The lowest BCUT2D eigenvalue weighted by Gasteiger charge is -2.37. The number of benzene rings is 2. The highest BCUT2D eigenvalue weighted by molar-refractivity contribution is 5.96. The van der Waals surface area contributed by atoms with Gasteiger partial charge in [-0.2, -0.15) is 0 Å². The molecule has 8 heteroatoms. The van der Waals surface area contributed by atoms with Crippen molar-refractivity contribution in [2.24, 2.45) is 0 Å². The molecule has 8 nitrogen and oxygen atoms in total. The van der Waals surface area contributed by atoms with Gasteiger partial charge in [0.2, 0.25) is 5.91 Å². The Bertz CT molecular complexity index is 1130. The number of pyridine rings is 1. The van der Waals surface area contributed by atoms with Crippen LogP contribution in [0.5, 0.6) is 5.75 Å². The molecule has 0 spiro atoms. The fourth-order valence-electron chi connectivity index (χ4n) is 3.39. The average Bonchev–Trinajstić information content (AvgIpc) is 2.74. The number of ether oxygens (including phenoxy) is 1. The average molecular weight is 391 g/mol. The maximum Gasteiger partial charge on any atom is 0.285 e. The highest BCUT2D eigenvalue weighted by Gasteiger charge is 2.33. The maximum absolute atomic E-state index is 13.3. The molecule has 1 aliphatic heterocycles. The Morgan fingerprint density at radius 3 is 2.55 bits per heavy atom. The lowest BCUT2D eigenvalue weighted by atomic mass is 10.0. The molecule has 2 aromatic carbocycles. The highest BCUT2D eigenvalue weighted by Crippen LogP contribution is 2.39. The highest BCUT2D eigenvalue weighted by atomic mass is 16.6. The third-order valence-corrected chi connectivity index (χ3v) is 4.77. The lowest BCUT2D eigenvalue weighted by molar-refractivity contribution is -0.385. The SMILES string of the molecule is O=C(Cn1cc([N+](=O)[O-])ccc1=O)N1c2ccccc2OCC1c1ccccc1. The zero-order valence-electron chi connectivity index (χ0n) is 15.3. The lowest BCUT2D eigenvalue weighted by Crippen LogP contribution is -2.43. The van der Waals surface area contributed by atoms with Crippen molar-refractivity contribution in [2.45, 2.75) is 12.6 Å². The minimum Gasteiger partial charge on any atom is -0.489 e. The normalized spacial score (nSPS) is 15.3. The molecule has 0 aliphatic carbocycles. The zero-order valence-corrected chi connectivity index (χ0v) is 15.3. The number of anilines is 1. The summed E-state index contributed by atoms with van der Waals surface area (Å²) in [5.41, 5.74) is 0.749. The molecule has 0 bridgehead atoms. The molecule has 0 radical (unpaired) electrons. The number of amides is 1. The largest absolute Gasteiger partial charge is 0.489 e. The number of para-hydroxylation sites is 2. The molecule has 0 saturated heterocycles. The molecule has 0 fully saturated rings. The first kappa shape index (κ1) is 18.4. The summed E-state index contributed by atoms with van der Waals surface area (Å²) in [7, 11) is 0. The number of carbonyl (C=O) groups excluding carboxylic acids is 1. The second kappa shape index (κ2) is 7.59. The summed E-state index contributed by atoms with van der Waals surface area (Å²) in [6, 6.07) is 18.5. The quantitative estimate of drug-likeness (QED) is 0.503. The van der Waals surface area contributed by atoms with Gasteiger partial charge in [0.05, 0.1) is 22.8 Å². The Hall–Kier alpha value is -3.94. The molecular formula is C21H17N3O5. The van der Waals surface area contributed by atoms with Crippen molar-refractivity contribution >= 4 is 17.3 Å². The van der Waals surface area contributed by atoms with E-state index in [1.165, 1.54) is 0 Å². The minimum absolute atomic E-state index is 0.251. The third kappa shape index (κ3) is 3.60. The van der Waals surface area contributed by atoms with Crippen LogP contribution in [0.25, 0.3) is 0 Å². The Balaban J connectivity index is 1.73. The molecule has 1 aromatic heterocycles. The van der Waals surface area contributed by atoms with Gasteiger partial charge in [0.1, 0.15) is 18.9 Å². The molecule has 1 amide bonds. The van der Waals surface area contributed by atoms with Crippen LogP contribution in [0.15, 0.2) is 77.7 Å². The number of fused-ring (bicyclic) bond motifs is 1. The molecule has 0 saturated carbocycles. The van der Waals surface area contributed by atoms with Crippen molar-refractivity contribution in [1.29, 1.82) is 0 Å². The van der Waals surface area contributed by atoms with Crippen LogP contribution in [0.3, 0.4) is 0 Å². The standard InChI is InChI=1S/C21H17N3O5/c25-20-11-10-16(24(27)28)12-22(20)13-21(26)23-17-8-4-5-9-19(17)29-14-18(23)15-6-2-1-3-7-15/h1-12,18H,13-14H2. The zero-order chi connectivity index (χ0) is 20.4. The van der Waals surface area contributed by atoms with Crippen molar-refractivity contribution in [3.8, 4) is 5.75 Å². The van der Waals surface area contributed by atoms with E-state index in [1.807, 2.05) is 36.4 Å². The van der Waals surface area contributed by atoms with E-state index < -0.39 is 10.5 Å². The fourth-order valence-corrected chi connectivity index (χ4v) is 3.39. The van der Waals surface area contributed by atoms with Gasteiger partial charge in [-0.05, 0) is 17.7 Å². The van der Waals surface area contributed by atoms with Gasteiger partial charge in [-0.15, -0.1) is 0 Å². The first-order valence-electron chi connectivity index (χ1n) is 8.98. The molecule has 2 heterocycles. The van der Waals surface area contributed by atoms with Crippen molar-refractivity contribution in [3.05, 3.63) is 99.0 Å². The van der Waals surface area contributed by atoms with Crippen molar-refractivity contribution in [1.82, 2.24) is 4.57 Å². The van der Waals surface area contributed by atoms with Crippen LogP contribution in [-0.4, -0.2) is 22.0 Å². The van der Waals surface area contributed by atoms with Gasteiger partial charge in [0, 0.05) is 12.1 Å². The summed E-state index contributed by atoms with van der Waals surface area (Å²) in [5, 5.41) is 11.0. The van der Waals surface area contributed by atoms with Gasteiger partial charge in [0.15, 0.2) is 0 Å². The molecule has 29 heavy (non-hydrogen) atoms. The van der Waals surface area contributed by atoms with Crippen molar-refractivity contribution in [2.75, 3.05) is 11.5 Å². The third-order valence-electron chi connectivity index (χ3n) is 4.77. The topological polar surface area (TPSA) is 94.7 Å². The molecule has 1 aliphatic rings. The minimum atomic E-state index is -0.600. The van der Waals surface area contributed by atoms with Gasteiger partial charge >= 0.3 is 0 Å². The van der Waals surface area contributed by atoms with Crippen LogP contribution in [0.4, 0.5) is 11.4 Å². The van der Waals surface area contributed by atoms with E-state index in [4.69, 9.17) is 4.74 Å². The summed E-state index contributed by atoms with van der Waals surface area (Å²) < 4.78 is 6.90. The molecule has 3 aromatic rings. The van der Waals surface area contributed by atoms with Gasteiger partial charge in [-0.3, -0.25) is 29.2 Å². The Morgan fingerprint density at radius 2 is 1.79 bits per heavy atom. The predicted octanol–water partition coefficient (Wildman–Crippen LogP) is 2.92. The van der Waals surface area contributed by atoms with E-state index in [2.05, 4.69) is 0 Å². The van der Waals surface area contributed by atoms with Gasteiger partial charge in [-0.25, -0.2) is 0 Å². The van der Waals surface area contributed by atoms with Gasteiger partial charge < -0.3 is 4.74 Å². The van der Waals surface area contributed by atoms with Gasteiger partial charge in [-0.1, -0.05) is 42.5 Å². The smallest absolute Gasteiger partial charge is 0.285 e. The number of nitrogens with zero attached hydrogens (tertiary/aromatic N) is 3. The predicted molar refractivity (Wildman–Crippen MR) is 106 cm³/mol. The van der Waals surface area contributed by atoms with Crippen LogP contribution in [0, 0.1) is 10.1 Å². The fraction of sp³-hybridized carbons (Fsp3) is 0.143. The summed E-state index contributed by atoms with van der Waals surface area (Å²) in [6.45, 7) is -0.0607. The first-order chi connectivity index (χ1) is 14.0. The molecular weight excluding hydrogens is 374 g/mol. The molecule has 1 unspecified atom stereocenters. The number of hydrogen-bond donors (Lipinski definition) is 0. The molecule has 1 atom stereocenters. The monoisotopic (exact) mass is 391 g/mol. The van der Waals surface area contributed by atoms with E-state index in [0.29, 0.717) is 11.4 Å². The van der Waals surface area contributed by atoms with Crippen LogP contribution in [0.1, 0.15) is 11.6 Å². The van der Waals surface area contributed by atoms with E-state index in [0.717, 1.165) is 28.5 Å². The van der Waals surface area contributed by atoms with Crippen LogP contribution in [0.2, 0.25) is 0 Å². The number of aromatic nitrogens is 1. The van der Waals surface area contributed by atoms with Crippen LogP contribution < -0.4 is 15.2 Å². The number of rotatable bonds is 4. The van der Waals surface area contributed by atoms with Crippen molar-refractivity contribution < 1.29 is 14.5 Å². The van der Waals surface area contributed by atoms with Crippen LogP contribution >= 0.6 is 0 Å². The Kier molecular flexibility index (Phi) is 4.82. The number of hydrogen-bond acceptors (Lipinski definition) is 5. The second-order valence-corrected chi connectivity index (χ2v) is 6.58. The number of nitro groups is 1. The number of carbonyl (C=O) groups is 1. The summed E-state index contributed by atoms with van der Waals surface area (Å²) >= 11 is 0. The van der Waals surface area contributed by atoms with Crippen LogP contribution in [-0.2, 0) is 11.3 Å². The maximum atomic E-state index is 13.3. The van der Waals surface area contributed by atoms with E-state index >= 15 is 0 Å². The summed E-state index contributed by atoms with van der Waals surface area (Å²) in [6.07, 6.45) is 1.09. The summed E-state index contributed by atoms with van der Waals surface area (Å²) in [5.74, 6) is 0.205. The van der Waals surface area contributed by atoms with E-state index in [9.17, 15) is 19.7 Å². The first-order valence-corrected chi connectivity index (χ1v) is 8.98. The Morgan fingerprint density at radius 1 is 1.07 bits per heavy atom. The van der Waals surface area contributed by atoms with E-state index in [-0.39, 0.29) is 30.8 Å². The molecule has 146 valence electrons. The molecule has 4 rings (SSSR count). The Labute approximate surface area is 165 Å². The van der Waals surface area contributed by atoms with Gasteiger partial charge in [0.25, 0.3) is 11.2 Å². The molecule has 0 N–H and O–H groups in total.